The largest absolute Gasteiger partial charge is 0.481 e. The average Bonchev–Trinajstić information content (AvgIpc) is 2.10. The maximum absolute atomic E-state index is 10.5. The van der Waals surface area contributed by atoms with Crippen molar-refractivity contribution < 1.29 is 9.90 Å². The lowest BCUT2D eigenvalue weighted by atomic mass is 10.1. The molecule has 0 bridgehead atoms. The number of hydrogen-bond donors (Lipinski definition) is 2. The van der Waals surface area contributed by atoms with E-state index in [1.807, 2.05) is 6.92 Å². The number of rotatable bonds is 1. The minimum atomic E-state index is -0.739. The summed E-state index contributed by atoms with van der Waals surface area (Å²) in [5.74, 6) is -0.553. The standard InChI is InChI=1S/C7H13NO2/c1-4-2-5(7(9)10)6(8)3-4/h4-6H,2-3,8H2,1H3,(H,9,10)/t4-,5+,6-/m1/s1. The lowest BCUT2D eigenvalue weighted by Crippen LogP contribution is -2.30. The number of aliphatic carboxylic acids is 1. The first kappa shape index (κ1) is 7.54. The van der Waals surface area contributed by atoms with Crippen molar-refractivity contribution in [1.29, 1.82) is 0 Å². The molecule has 3 heteroatoms. The molecule has 58 valence electrons. The van der Waals surface area contributed by atoms with Crippen molar-refractivity contribution in [1.82, 2.24) is 0 Å². The van der Waals surface area contributed by atoms with Crippen LogP contribution in [0.1, 0.15) is 19.8 Å². The van der Waals surface area contributed by atoms with Crippen molar-refractivity contribution in [2.24, 2.45) is 17.6 Å². The van der Waals surface area contributed by atoms with E-state index in [4.69, 9.17) is 10.8 Å². The van der Waals surface area contributed by atoms with Crippen molar-refractivity contribution in [3.05, 3.63) is 0 Å². The highest BCUT2D eigenvalue weighted by Crippen LogP contribution is 2.29. The van der Waals surface area contributed by atoms with Crippen LogP contribution in [0.3, 0.4) is 0 Å². The molecule has 0 aromatic carbocycles. The lowest BCUT2D eigenvalue weighted by molar-refractivity contribution is -0.141. The summed E-state index contributed by atoms with van der Waals surface area (Å²) >= 11 is 0. The molecule has 3 N–H and O–H groups in total. The van der Waals surface area contributed by atoms with Crippen LogP contribution in [0.15, 0.2) is 0 Å². The Balaban J connectivity index is 2.54. The molecule has 0 aromatic rings. The van der Waals surface area contributed by atoms with Gasteiger partial charge in [-0.05, 0) is 18.8 Å². The highest BCUT2D eigenvalue weighted by Gasteiger charge is 2.34. The molecule has 0 aromatic heterocycles. The molecule has 1 aliphatic carbocycles. The van der Waals surface area contributed by atoms with Crippen LogP contribution in [-0.4, -0.2) is 17.1 Å². The van der Waals surface area contributed by atoms with E-state index in [0.717, 1.165) is 12.8 Å². The molecule has 0 amide bonds. The molecular formula is C7H13NO2. The van der Waals surface area contributed by atoms with E-state index in [1.54, 1.807) is 0 Å². The number of carbonyl (C=O) groups is 1. The second-order valence-electron chi connectivity index (χ2n) is 3.19. The molecule has 1 fully saturated rings. The Morgan fingerprint density at radius 2 is 2.20 bits per heavy atom. The van der Waals surface area contributed by atoms with Gasteiger partial charge in [0, 0.05) is 6.04 Å². The van der Waals surface area contributed by atoms with Crippen LogP contribution >= 0.6 is 0 Å². The van der Waals surface area contributed by atoms with E-state index < -0.39 is 5.97 Å². The highest BCUT2D eigenvalue weighted by atomic mass is 16.4. The van der Waals surface area contributed by atoms with E-state index >= 15 is 0 Å². The predicted molar refractivity (Wildman–Crippen MR) is 37.5 cm³/mol. The Hall–Kier alpha value is -0.570. The Morgan fingerprint density at radius 3 is 2.40 bits per heavy atom. The summed E-state index contributed by atoms with van der Waals surface area (Å²) in [6, 6.07) is -0.118. The molecule has 0 heterocycles. The van der Waals surface area contributed by atoms with Gasteiger partial charge in [-0.25, -0.2) is 0 Å². The van der Waals surface area contributed by atoms with Crippen molar-refractivity contribution in [2.45, 2.75) is 25.8 Å². The van der Waals surface area contributed by atoms with Gasteiger partial charge >= 0.3 is 5.97 Å². The van der Waals surface area contributed by atoms with Crippen LogP contribution in [0.2, 0.25) is 0 Å². The Morgan fingerprint density at radius 1 is 1.60 bits per heavy atom. The number of carboxylic acids is 1. The molecule has 10 heavy (non-hydrogen) atoms. The van der Waals surface area contributed by atoms with Gasteiger partial charge in [0.05, 0.1) is 5.92 Å². The van der Waals surface area contributed by atoms with E-state index in [0.29, 0.717) is 5.92 Å². The van der Waals surface area contributed by atoms with Crippen LogP contribution in [0.4, 0.5) is 0 Å². The first-order chi connectivity index (χ1) is 4.61. The second-order valence-corrected chi connectivity index (χ2v) is 3.19. The smallest absolute Gasteiger partial charge is 0.308 e. The molecule has 0 saturated heterocycles. The first-order valence-corrected chi connectivity index (χ1v) is 3.59. The maximum Gasteiger partial charge on any atom is 0.308 e. The summed E-state index contributed by atoms with van der Waals surface area (Å²) in [6.07, 6.45) is 1.60. The van der Waals surface area contributed by atoms with Crippen molar-refractivity contribution in [2.75, 3.05) is 0 Å². The minimum Gasteiger partial charge on any atom is -0.481 e. The van der Waals surface area contributed by atoms with E-state index in [2.05, 4.69) is 0 Å². The zero-order valence-electron chi connectivity index (χ0n) is 6.08. The van der Waals surface area contributed by atoms with Crippen LogP contribution in [0.25, 0.3) is 0 Å². The van der Waals surface area contributed by atoms with Crippen molar-refractivity contribution >= 4 is 5.97 Å². The second kappa shape index (κ2) is 2.58. The molecule has 0 spiro atoms. The van der Waals surface area contributed by atoms with E-state index in [-0.39, 0.29) is 12.0 Å². The fourth-order valence-corrected chi connectivity index (χ4v) is 1.62. The molecule has 0 aliphatic heterocycles. The molecule has 0 unspecified atom stereocenters. The van der Waals surface area contributed by atoms with Gasteiger partial charge in [0.15, 0.2) is 0 Å². The normalized spacial score (nSPS) is 40.0. The topological polar surface area (TPSA) is 63.3 Å². The average molecular weight is 143 g/mol. The first-order valence-electron chi connectivity index (χ1n) is 3.59. The number of carboxylic acid groups (broad SMARTS) is 1. The third kappa shape index (κ3) is 1.29. The summed E-state index contributed by atoms with van der Waals surface area (Å²) in [5, 5.41) is 8.62. The fourth-order valence-electron chi connectivity index (χ4n) is 1.62. The molecule has 1 rings (SSSR count). The molecule has 3 nitrogen and oxygen atoms in total. The number of hydrogen-bond acceptors (Lipinski definition) is 2. The molecule has 3 atom stereocenters. The van der Waals surface area contributed by atoms with Gasteiger partial charge in [0.25, 0.3) is 0 Å². The molecule has 1 saturated carbocycles. The Bertz CT molecular complexity index is 147. The predicted octanol–water partition coefficient (Wildman–Crippen LogP) is 0.444. The van der Waals surface area contributed by atoms with Gasteiger partial charge in [-0.1, -0.05) is 6.92 Å². The van der Waals surface area contributed by atoms with Crippen LogP contribution < -0.4 is 5.73 Å². The summed E-state index contributed by atoms with van der Waals surface area (Å²) in [4.78, 5) is 10.5. The fraction of sp³-hybridized carbons (Fsp3) is 0.857. The van der Waals surface area contributed by atoms with Crippen LogP contribution in [0, 0.1) is 11.8 Å². The lowest BCUT2D eigenvalue weighted by Gasteiger charge is -2.07. The van der Waals surface area contributed by atoms with Gasteiger partial charge in [0.2, 0.25) is 0 Å². The van der Waals surface area contributed by atoms with Gasteiger partial charge in [-0.3, -0.25) is 4.79 Å². The van der Waals surface area contributed by atoms with Gasteiger partial charge < -0.3 is 10.8 Å². The van der Waals surface area contributed by atoms with Gasteiger partial charge in [-0.2, -0.15) is 0 Å². The van der Waals surface area contributed by atoms with Crippen molar-refractivity contribution in [3.8, 4) is 0 Å². The monoisotopic (exact) mass is 143 g/mol. The van der Waals surface area contributed by atoms with Crippen LogP contribution in [0.5, 0.6) is 0 Å². The maximum atomic E-state index is 10.5. The third-order valence-corrected chi connectivity index (χ3v) is 2.16. The van der Waals surface area contributed by atoms with Crippen molar-refractivity contribution in [3.63, 3.8) is 0 Å². The zero-order chi connectivity index (χ0) is 7.72. The Labute approximate surface area is 60.2 Å². The SMILES string of the molecule is C[C@H]1C[C@@H](N)[C@@H](C(=O)O)C1. The van der Waals surface area contributed by atoms with E-state index in [9.17, 15) is 4.79 Å². The van der Waals surface area contributed by atoms with Gasteiger partial charge in [0.1, 0.15) is 0 Å². The molecule has 0 radical (unpaired) electrons. The summed E-state index contributed by atoms with van der Waals surface area (Å²) in [7, 11) is 0. The number of nitrogens with two attached hydrogens (primary N) is 1. The summed E-state index contributed by atoms with van der Waals surface area (Å²) in [5.41, 5.74) is 5.59. The van der Waals surface area contributed by atoms with Crippen LogP contribution in [-0.2, 0) is 4.79 Å². The zero-order valence-corrected chi connectivity index (χ0v) is 6.08. The summed E-state index contributed by atoms with van der Waals surface area (Å²) in [6.45, 7) is 2.04. The van der Waals surface area contributed by atoms with Gasteiger partial charge in [-0.15, -0.1) is 0 Å². The highest BCUT2D eigenvalue weighted by molar-refractivity contribution is 5.71. The Kier molecular flexibility index (Phi) is 1.94. The minimum absolute atomic E-state index is 0.118. The summed E-state index contributed by atoms with van der Waals surface area (Å²) < 4.78 is 0. The van der Waals surface area contributed by atoms with E-state index in [1.165, 1.54) is 0 Å². The quantitative estimate of drug-likeness (QED) is 0.560. The molecule has 1 aliphatic rings. The molecular weight excluding hydrogens is 130 g/mol. The third-order valence-electron chi connectivity index (χ3n) is 2.16.